The second kappa shape index (κ2) is 2.57. The fourth-order valence-electron chi connectivity index (χ4n) is 0.748. The quantitative estimate of drug-likeness (QED) is 0.503. The number of imide groups is 1. The summed E-state index contributed by atoms with van der Waals surface area (Å²) < 4.78 is 0. The van der Waals surface area contributed by atoms with Gasteiger partial charge in [-0.2, -0.15) is 0 Å². The third-order valence-electron chi connectivity index (χ3n) is 1.19. The zero-order valence-corrected chi connectivity index (χ0v) is 5.57. The van der Waals surface area contributed by atoms with Crippen LogP contribution in [0.15, 0.2) is 0 Å². The molecule has 6 nitrogen and oxygen atoms in total. The molecular formula is C5H6N2O4. The van der Waals surface area contributed by atoms with Gasteiger partial charge in [0.05, 0.1) is 0 Å². The third kappa shape index (κ3) is 1.46. The van der Waals surface area contributed by atoms with E-state index >= 15 is 0 Å². The van der Waals surface area contributed by atoms with E-state index in [1.807, 2.05) is 0 Å². The fourth-order valence-corrected chi connectivity index (χ4v) is 0.748. The number of carbonyl (C=O) groups is 3. The fraction of sp³-hybridized carbons (Fsp3) is 0.400. The van der Waals surface area contributed by atoms with E-state index in [9.17, 15) is 14.4 Å². The van der Waals surface area contributed by atoms with E-state index in [-0.39, 0.29) is 12.8 Å². The summed E-state index contributed by atoms with van der Waals surface area (Å²) in [5.41, 5.74) is 4.59. The third-order valence-corrected chi connectivity index (χ3v) is 1.19. The minimum atomic E-state index is -1.16. The topological polar surface area (TPSA) is 89.7 Å². The van der Waals surface area contributed by atoms with Gasteiger partial charge in [-0.25, -0.2) is 4.79 Å². The highest BCUT2D eigenvalue weighted by molar-refractivity contribution is 6.01. The zero-order chi connectivity index (χ0) is 8.43. The molecule has 11 heavy (non-hydrogen) atoms. The molecule has 0 bridgehead atoms. The summed E-state index contributed by atoms with van der Waals surface area (Å²) in [7, 11) is 0. The van der Waals surface area contributed by atoms with Crippen LogP contribution >= 0.6 is 0 Å². The first kappa shape index (κ1) is 7.52. The maximum Gasteiger partial charge on any atom is 0.429 e. The van der Waals surface area contributed by atoms with Gasteiger partial charge in [0.25, 0.3) is 11.8 Å². The average molecular weight is 158 g/mol. The van der Waals surface area contributed by atoms with Crippen molar-refractivity contribution in [3.63, 3.8) is 0 Å². The number of carbonyl (C=O) groups excluding carboxylic acids is 3. The molecular weight excluding hydrogens is 152 g/mol. The number of nitrogens with two attached hydrogens (primary N) is 1. The molecule has 6 heteroatoms. The van der Waals surface area contributed by atoms with Crippen molar-refractivity contribution in [2.75, 3.05) is 0 Å². The second-order valence-electron chi connectivity index (χ2n) is 1.99. The van der Waals surface area contributed by atoms with Crippen molar-refractivity contribution in [1.82, 2.24) is 5.06 Å². The van der Waals surface area contributed by atoms with E-state index in [2.05, 4.69) is 10.6 Å². The van der Waals surface area contributed by atoms with Crippen LogP contribution in [0.3, 0.4) is 0 Å². The van der Waals surface area contributed by atoms with Gasteiger partial charge in [0, 0.05) is 12.8 Å². The van der Waals surface area contributed by atoms with Gasteiger partial charge in [-0.15, -0.1) is 5.06 Å². The molecule has 1 saturated heterocycles. The normalized spacial score (nSPS) is 17.3. The smallest absolute Gasteiger partial charge is 0.333 e. The highest BCUT2D eigenvalue weighted by Crippen LogP contribution is 2.11. The maximum absolute atomic E-state index is 10.7. The van der Waals surface area contributed by atoms with E-state index in [0.717, 1.165) is 0 Å². The van der Waals surface area contributed by atoms with Crippen LogP contribution in [0.1, 0.15) is 12.8 Å². The summed E-state index contributed by atoms with van der Waals surface area (Å²) in [6, 6.07) is 0. The lowest BCUT2D eigenvalue weighted by Gasteiger charge is -2.09. The maximum atomic E-state index is 10.7. The van der Waals surface area contributed by atoms with E-state index in [4.69, 9.17) is 0 Å². The molecule has 0 aromatic carbocycles. The van der Waals surface area contributed by atoms with Crippen molar-refractivity contribution in [1.29, 1.82) is 0 Å². The van der Waals surface area contributed by atoms with Gasteiger partial charge in [0.15, 0.2) is 0 Å². The van der Waals surface area contributed by atoms with E-state index in [0.29, 0.717) is 5.06 Å². The van der Waals surface area contributed by atoms with Crippen molar-refractivity contribution >= 4 is 17.9 Å². The van der Waals surface area contributed by atoms with Crippen LogP contribution < -0.4 is 5.73 Å². The Labute approximate surface area is 61.8 Å². The molecule has 0 saturated carbocycles. The van der Waals surface area contributed by atoms with E-state index in [1.165, 1.54) is 0 Å². The van der Waals surface area contributed by atoms with Crippen LogP contribution in [0.5, 0.6) is 0 Å². The van der Waals surface area contributed by atoms with Gasteiger partial charge in [-0.05, 0) is 0 Å². The number of hydrogen-bond donors (Lipinski definition) is 1. The molecule has 1 aliphatic heterocycles. The van der Waals surface area contributed by atoms with Crippen molar-refractivity contribution in [3.05, 3.63) is 0 Å². The largest absolute Gasteiger partial charge is 0.429 e. The molecule has 1 fully saturated rings. The summed E-state index contributed by atoms with van der Waals surface area (Å²) >= 11 is 0. The number of hydroxylamine groups is 2. The van der Waals surface area contributed by atoms with Crippen LogP contribution in [-0.4, -0.2) is 23.0 Å². The molecule has 0 aromatic heterocycles. The van der Waals surface area contributed by atoms with Crippen LogP contribution in [-0.2, 0) is 14.4 Å². The first-order chi connectivity index (χ1) is 5.11. The van der Waals surface area contributed by atoms with Gasteiger partial charge in [-0.3, -0.25) is 9.59 Å². The summed E-state index contributed by atoms with van der Waals surface area (Å²) in [6.45, 7) is 0. The molecule has 1 heterocycles. The SMILES string of the molecule is NC(=O)ON1C(=O)CCC1=O. The van der Waals surface area contributed by atoms with Gasteiger partial charge in [0.2, 0.25) is 0 Å². The van der Waals surface area contributed by atoms with Crippen molar-refractivity contribution in [3.8, 4) is 0 Å². The Morgan fingerprint density at radius 2 is 1.82 bits per heavy atom. The zero-order valence-electron chi connectivity index (χ0n) is 5.57. The van der Waals surface area contributed by atoms with Gasteiger partial charge in [-0.1, -0.05) is 0 Å². The first-order valence-corrected chi connectivity index (χ1v) is 2.94. The molecule has 2 N–H and O–H groups in total. The van der Waals surface area contributed by atoms with Crippen LogP contribution in [0.4, 0.5) is 4.79 Å². The second-order valence-corrected chi connectivity index (χ2v) is 1.99. The Kier molecular flexibility index (Phi) is 1.75. The molecule has 1 aliphatic rings. The molecule has 0 atom stereocenters. The standard InChI is InChI=1S/C5H6N2O4/c6-5(10)11-7-3(8)1-2-4(7)9/h1-2H2,(H2,6,10). The van der Waals surface area contributed by atoms with Gasteiger partial charge in [0.1, 0.15) is 0 Å². The molecule has 0 radical (unpaired) electrons. The van der Waals surface area contributed by atoms with E-state index < -0.39 is 17.9 Å². The monoisotopic (exact) mass is 158 g/mol. The minimum absolute atomic E-state index is 0.0755. The first-order valence-electron chi connectivity index (χ1n) is 2.94. The summed E-state index contributed by atoms with van der Waals surface area (Å²) in [5, 5.41) is 0.391. The van der Waals surface area contributed by atoms with Crippen molar-refractivity contribution < 1.29 is 19.2 Å². The molecule has 0 aliphatic carbocycles. The predicted octanol–water partition coefficient (Wildman–Crippen LogP) is -0.854. The predicted molar refractivity (Wildman–Crippen MR) is 31.8 cm³/mol. The molecule has 60 valence electrons. The highest BCUT2D eigenvalue weighted by Gasteiger charge is 2.32. The summed E-state index contributed by atoms with van der Waals surface area (Å²) in [4.78, 5) is 35.6. The minimum Gasteiger partial charge on any atom is -0.333 e. The Hall–Kier alpha value is -1.59. The lowest BCUT2D eigenvalue weighted by molar-refractivity contribution is -0.170. The molecule has 0 aromatic rings. The number of nitrogens with zero attached hydrogens (tertiary/aromatic N) is 1. The average Bonchev–Trinajstić information content (AvgIpc) is 2.18. The van der Waals surface area contributed by atoms with Crippen LogP contribution in [0.25, 0.3) is 0 Å². The Morgan fingerprint density at radius 1 is 1.36 bits per heavy atom. The van der Waals surface area contributed by atoms with Crippen molar-refractivity contribution in [2.24, 2.45) is 5.73 Å². The number of rotatable bonds is 1. The lowest BCUT2D eigenvalue weighted by atomic mass is 10.4. The van der Waals surface area contributed by atoms with E-state index in [1.54, 1.807) is 0 Å². The van der Waals surface area contributed by atoms with Crippen LogP contribution in [0, 0.1) is 0 Å². The van der Waals surface area contributed by atoms with Gasteiger partial charge < -0.3 is 10.6 Å². The number of amides is 3. The molecule has 3 amide bonds. The Morgan fingerprint density at radius 3 is 2.18 bits per heavy atom. The summed E-state index contributed by atoms with van der Waals surface area (Å²) in [5.74, 6) is -1.07. The number of hydrogen-bond acceptors (Lipinski definition) is 4. The molecule has 0 unspecified atom stereocenters. The summed E-state index contributed by atoms with van der Waals surface area (Å²) in [6.07, 6.45) is -1.01. The lowest BCUT2D eigenvalue weighted by Crippen LogP contribution is -2.34. The highest BCUT2D eigenvalue weighted by atomic mass is 16.7. The van der Waals surface area contributed by atoms with Crippen LogP contribution in [0.2, 0.25) is 0 Å². The molecule has 1 rings (SSSR count). The van der Waals surface area contributed by atoms with Crippen molar-refractivity contribution in [2.45, 2.75) is 12.8 Å². The number of primary amides is 1. The molecule has 0 spiro atoms. The Bertz CT molecular complexity index is 209. The Balaban J connectivity index is 2.62. The van der Waals surface area contributed by atoms with Gasteiger partial charge >= 0.3 is 6.09 Å².